The summed E-state index contributed by atoms with van der Waals surface area (Å²) >= 11 is 1.23. The minimum atomic E-state index is -0.470. The van der Waals surface area contributed by atoms with E-state index in [0.29, 0.717) is 27.3 Å². The molecule has 1 aromatic heterocycles. The van der Waals surface area contributed by atoms with Crippen molar-refractivity contribution in [3.05, 3.63) is 63.0 Å². The zero-order valence-electron chi connectivity index (χ0n) is 14.5. The van der Waals surface area contributed by atoms with E-state index < -0.39 is 10.8 Å². The molecule has 0 saturated carbocycles. The van der Waals surface area contributed by atoms with E-state index in [4.69, 9.17) is 9.47 Å². The SMILES string of the molecule is COc1ccc(OC)c(C=NNC(=O)c2cc3cc([N+](=O)[O-])ccc3s2)c1. The summed E-state index contributed by atoms with van der Waals surface area (Å²) in [5.74, 6) is 0.814. The van der Waals surface area contributed by atoms with Gasteiger partial charge in [0.05, 0.1) is 30.2 Å². The van der Waals surface area contributed by atoms with Crippen molar-refractivity contribution in [3.8, 4) is 11.5 Å². The van der Waals surface area contributed by atoms with Crippen LogP contribution in [-0.2, 0) is 0 Å². The molecule has 3 rings (SSSR count). The third kappa shape index (κ3) is 4.04. The van der Waals surface area contributed by atoms with Crippen molar-refractivity contribution in [1.29, 1.82) is 0 Å². The van der Waals surface area contributed by atoms with Crippen molar-refractivity contribution in [2.75, 3.05) is 14.2 Å². The minimum Gasteiger partial charge on any atom is -0.497 e. The summed E-state index contributed by atoms with van der Waals surface area (Å²) in [5.41, 5.74) is 3.07. The second-order valence-electron chi connectivity index (χ2n) is 5.40. The number of nitrogens with zero attached hydrogens (tertiary/aromatic N) is 2. The average Bonchev–Trinajstić information content (AvgIpc) is 3.11. The van der Waals surface area contributed by atoms with Crippen LogP contribution in [0.5, 0.6) is 11.5 Å². The lowest BCUT2D eigenvalue weighted by Crippen LogP contribution is -2.16. The number of carbonyl (C=O) groups is 1. The van der Waals surface area contributed by atoms with Gasteiger partial charge in [-0.15, -0.1) is 11.3 Å². The van der Waals surface area contributed by atoms with Crippen LogP contribution >= 0.6 is 11.3 Å². The molecule has 9 heteroatoms. The summed E-state index contributed by atoms with van der Waals surface area (Å²) < 4.78 is 11.2. The highest BCUT2D eigenvalue weighted by Crippen LogP contribution is 2.29. The molecule has 0 fully saturated rings. The Morgan fingerprint density at radius 3 is 2.70 bits per heavy atom. The number of nitro benzene ring substituents is 1. The highest BCUT2D eigenvalue weighted by molar-refractivity contribution is 7.20. The summed E-state index contributed by atoms with van der Waals surface area (Å²) in [4.78, 5) is 23.1. The van der Waals surface area contributed by atoms with Crippen LogP contribution in [0, 0.1) is 10.1 Å². The number of hydrogen-bond acceptors (Lipinski definition) is 7. The third-order valence-electron chi connectivity index (χ3n) is 3.74. The van der Waals surface area contributed by atoms with E-state index in [9.17, 15) is 14.9 Å². The summed E-state index contributed by atoms with van der Waals surface area (Å²) in [6, 6.07) is 11.3. The molecular formula is C18H15N3O5S. The van der Waals surface area contributed by atoms with Crippen molar-refractivity contribution in [3.63, 3.8) is 0 Å². The Labute approximate surface area is 158 Å². The maximum Gasteiger partial charge on any atom is 0.281 e. The Hall–Kier alpha value is -3.46. The molecule has 0 saturated heterocycles. The van der Waals surface area contributed by atoms with Crippen molar-refractivity contribution >= 4 is 39.2 Å². The first-order chi connectivity index (χ1) is 13.0. The van der Waals surface area contributed by atoms with Gasteiger partial charge in [0.1, 0.15) is 11.5 Å². The van der Waals surface area contributed by atoms with E-state index in [1.54, 1.807) is 37.4 Å². The second kappa shape index (κ2) is 7.83. The maximum atomic E-state index is 12.3. The van der Waals surface area contributed by atoms with E-state index in [1.165, 1.54) is 36.8 Å². The van der Waals surface area contributed by atoms with Gasteiger partial charge in [0, 0.05) is 27.8 Å². The highest BCUT2D eigenvalue weighted by Gasteiger charge is 2.13. The fourth-order valence-corrected chi connectivity index (χ4v) is 3.34. The molecule has 0 bridgehead atoms. The maximum absolute atomic E-state index is 12.3. The Bertz CT molecular complexity index is 1040. The van der Waals surface area contributed by atoms with E-state index in [2.05, 4.69) is 10.5 Å². The van der Waals surface area contributed by atoms with Crippen molar-refractivity contribution in [2.45, 2.75) is 0 Å². The molecule has 138 valence electrons. The minimum absolute atomic E-state index is 0.0181. The number of ether oxygens (including phenoxy) is 2. The van der Waals surface area contributed by atoms with E-state index in [1.807, 2.05) is 0 Å². The quantitative estimate of drug-likeness (QED) is 0.397. The predicted octanol–water partition coefficient (Wildman–Crippen LogP) is 3.59. The lowest BCUT2D eigenvalue weighted by Gasteiger charge is -2.06. The number of fused-ring (bicyclic) bond motifs is 1. The fourth-order valence-electron chi connectivity index (χ4n) is 2.41. The van der Waals surface area contributed by atoms with Crippen molar-refractivity contribution in [2.24, 2.45) is 5.10 Å². The van der Waals surface area contributed by atoms with Crippen LogP contribution in [-0.4, -0.2) is 31.3 Å². The standard InChI is InChI=1S/C18H15N3O5S/c1-25-14-4-5-15(26-2)12(8-14)10-19-20-18(22)17-9-11-7-13(21(23)24)3-6-16(11)27-17/h3-10H,1-2H3,(H,20,22). The van der Waals surface area contributed by atoms with Gasteiger partial charge in [-0.2, -0.15) is 5.10 Å². The normalized spacial score (nSPS) is 10.9. The average molecular weight is 385 g/mol. The molecule has 2 aromatic carbocycles. The van der Waals surface area contributed by atoms with Gasteiger partial charge in [0.15, 0.2) is 0 Å². The zero-order chi connectivity index (χ0) is 19.4. The lowest BCUT2D eigenvalue weighted by molar-refractivity contribution is -0.384. The van der Waals surface area contributed by atoms with Crippen LogP contribution in [0.4, 0.5) is 5.69 Å². The Morgan fingerprint density at radius 2 is 2.00 bits per heavy atom. The number of hydrogen-bond donors (Lipinski definition) is 1. The molecule has 1 N–H and O–H groups in total. The molecule has 0 radical (unpaired) electrons. The van der Waals surface area contributed by atoms with Gasteiger partial charge in [0.2, 0.25) is 0 Å². The number of carbonyl (C=O) groups excluding carboxylic acids is 1. The summed E-state index contributed by atoms with van der Waals surface area (Å²) in [6.45, 7) is 0. The number of non-ortho nitro benzene ring substituents is 1. The van der Waals surface area contributed by atoms with E-state index in [0.717, 1.165) is 4.70 Å². The van der Waals surface area contributed by atoms with Crippen LogP contribution in [0.15, 0.2) is 47.6 Å². The number of amides is 1. The smallest absolute Gasteiger partial charge is 0.281 e. The Balaban J connectivity index is 1.77. The number of hydrazone groups is 1. The number of benzene rings is 2. The molecule has 1 amide bonds. The van der Waals surface area contributed by atoms with Gasteiger partial charge in [-0.25, -0.2) is 5.43 Å². The molecule has 1 heterocycles. The predicted molar refractivity (Wildman–Crippen MR) is 103 cm³/mol. The molecule has 3 aromatic rings. The van der Waals surface area contributed by atoms with E-state index in [-0.39, 0.29) is 5.69 Å². The number of nitrogens with one attached hydrogen (secondary N) is 1. The summed E-state index contributed by atoms with van der Waals surface area (Å²) in [7, 11) is 3.09. The number of methoxy groups -OCH3 is 2. The van der Waals surface area contributed by atoms with Crippen molar-refractivity contribution in [1.82, 2.24) is 5.43 Å². The van der Waals surface area contributed by atoms with Crippen molar-refractivity contribution < 1.29 is 19.2 Å². The molecule has 8 nitrogen and oxygen atoms in total. The van der Waals surface area contributed by atoms with Gasteiger partial charge < -0.3 is 9.47 Å². The van der Waals surface area contributed by atoms with Gasteiger partial charge in [-0.1, -0.05) is 0 Å². The Morgan fingerprint density at radius 1 is 1.19 bits per heavy atom. The highest BCUT2D eigenvalue weighted by atomic mass is 32.1. The molecule has 0 unspecified atom stereocenters. The largest absolute Gasteiger partial charge is 0.497 e. The number of rotatable bonds is 6. The molecule has 0 spiro atoms. The molecule has 0 aliphatic heterocycles. The van der Waals surface area contributed by atoms with Crippen LogP contribution in [0.3, 0.4) is 0 Å². The third-order valence-corrected chi connectivity index (χ3v) is 4.86. The van der Waals surface area contributed by atoms with E-state index >= 15 is 0 Å². The fraction of sp³-hybridized carbons (Fsp3) is 0.111. The first-order valence-electron chi connectivity index (χ1n) is 7.75. The number of thiophene rings is 1. The van der Waals surface area contributed by atoms with Crippen LogP contribution in [0.25, 0.3) is 10.1 Å². The summed E-state index contributed by atoms with van der Waals surface area (Å²) in [6.07, 6.45) is 1.46. The van der Waals surface area contributed by atoms with Gasteiger partial charge in [-0.05, 0) is 30.3 Å². The zero-order valence-corrected chi connectivity index (χ0v) is 15.3. The Kier molecular flexibility index (Phi) is 5.32. The first kappa shape index (κ1) is 18.3. The first-order valence-corrected chi connectivity index (χ1v) is 8.57. The second-order valence-corrected chi connectivity index (χ2v) is 6.48. The molecule has 27 heavy (non-hydrogen) atoms. The number of nitro groups is 1. The molecular weight excluding hydrogens is 370 g/mol. The molecule has 0 atom stereocenters. The van der Waals surface area contributed by atoms with Gasteiger partial charge in [0.25, 0.3) is 11.6 Å². The van der Waals surface area contributed by atoms with Crippen LogP contribution in [0.1, 0.15) is 15.2 Å². The topological polar surface area (TPSA) is 103 Å². The summed E-state index contributed by atoms with van der Waals surface area (Å²) in [5, 5.41) is 15.4. The monoisotopic (exact) mass is 385 g/mol. The lowest BCUT2D eigenvalue weighted by atomic mass is 10.2. The van der Waals surface area contributed by atoms with Crippen LogP contribution < -0.4 is 14.9 Å². The van der Waals surface area contributed by atoms with Gasteiger partial charge in [-0.3, -0.25) is 14.9 Å². The van der Waals surface area contributed by atoms with Crippen LogP contribution in [0.2, 0.25) is 0 Å². The molecule has 0 aliphatic rings. The molecule has 0 aliphatic carbocycles. The van der Waals surface area contributed by atoms with Gasteiger partial charge >= 0.3 is 0 Å².